The molecule has 0 N–H and O–H groups in total. The molecule has 0 nitrogen and oxygen atoms in total. The van der Waals surface area contributed by atoms with E-state index >= 15 is 0 Å². The summed E-state index contributed by atoms with van der Waals surface area (Å²) in [5.41, 5.74) is 0. The summed E-state index contributed by atoms with van der Waals surface area (Å²) in [6.45, 7) is 0. The average Bonchev–Trinajstić information content (AvgIpc) is 3.00. The van der Waals surface area contributed by atoms with Crippen LogP contribution in [0.4, 0.5) is 0 Å². The van der Waals surface area contributed by atoms with Crippen molar-refractivity contribution < 1.29 is 0 Å². The molecule has 3 aromatic carbocycles. The van der Waals surface area contributed by atoms with Crippen LogP contribution in [0.2, 0.25) is 0 Å². The summed E-state index contributed by atoms with van der Waals surface area (Å²) in [7, 11) is -1.65. The highest BCUT2D eigenvalue weighted by Crippen LogP contribution is 2.56. The first-order valence-corrected chi connectivity index (χ1v) is 18.5. The third kappa shape index (κ3) is 11.4. The van der Waals surface area contributed by atoms with Crippen LogP contribution in [-0.2, 0) is 0 Å². The van der Waals surface area contributed by atoms with Crippen molar-refractivity contribution in [3.8, 4) is 0 Å². The third-order valence-corrected chi connectivity index (χ3v) is 12.7. The van der Waals surface area contributed by atoms with E-state index in [0.717, 1.165) is 0 Å². The first kappa shape index (κ1) is 31.8. The molecular weight excluding hydrogens is 602 g/mol. The standard InChI is InChI=1S/C37H49IP/c38-33-25-14-12-10-8-6-4-2-1-3-5-7-9-11-13-15-26-34-39(35-27-19-16-20-28-35,36-29-21-17-22-30-36)37-31-23-18-24-32-37/h4,6,16-25,27-33H,1-3,5,7-15,26,34H2/q+1. The number of hydrogen-bond donors (Lipinski definition) is 0. The first-order chi connectivity index (χ1) is 19.4. The Labute approximate surface area is 253 Å². The molecule has 0 saturated carbocycles. The van der Waals surface area contributed by atoms with Gasteiger partial charge in [-0.15, -0.1) is 0 Å². The van der Waals surface area contributed by atoms with E-state index in [1.54, 1.807) is 0 Å². The fourth-order valence-corrected chi connectivity index (χ4v) is 10.3. The van der Waals surface area contributed by atoms with Crippen LogP contribution in [0.25, 0.3) is 0 Å². The van der Waals surface area contributed by atoms with Crippen LogP contribution >= 0.6 is 29.9 Å². The van der Waals surface area contributed by atoms with Crippen molar-refractivity contribution in [1.82, 2.24) is 0 Å². The van der Waals surface area contributed by atoms with E-state index in [1.807, 2.05) is 0 Å². The zero-order chi connectivity index (χ0) is 27.3. The molecule has 0 fully saturated rings. The highest BCUT2D eigenvalue weighted by molar-refractivity contribution is 14.1. The molecule has 3 rings (SSSR count). The quantitative estimate of drug-likeness (QED) is 0.0494. The lowest BCUT2D eigenvalue weighted by Crippen LogP contribution is -2.33. The normalized spacial score (nSPS) is 12.0. The predicted octanol–water partition coefficient (Wildman–Crippen LogP) is 10.9. The zero-order valence-corrected chi connectivity index (χ0v) is 27.0. The summed E-state index contributed by atoms with van der Waals surface area (Å²) < 4.78 is 2.13. The van der Waals surface area contributed by atoms with Crippen molar-refractivity contribution in [2.75, 3.05) is 6.16 Å². The molecule has 0 spiro atoms. The van der Waals surface area contributed by atoms with Gasteiger partial charge in [0.2, 0.25) is 0 Å². The second kappa shape index (κ2) is 20.2. The zero-order valence-electron chi connectivity index (χ0n) is 23.9. The maximum atomic E-state index is 2.41. The third-order valence-electron chi connectivity index (χ3n) is 7.70. The Bertz CT molecular complexity index is 946. The van der Waals surface area contributed by atoms with Gasteiger partial charge in [0.1, 0.15) is 23.2 Å². The van der Waals surface area contributed by atoms with Crippen LogP contribution in [0.1, 0.15) is 89.9 Å². The van der Waals surface area contributed by atoms with Crippen LogP contribution < -0.4 is 15.9 Å². The molecule has 0 bridgehead atoms. The molecule has 0 atom stereocenters. The second-order valence-electron chi connectivity index (χ2n) is 10.6. The van der Waals surface area contributed by atoms with E-state index in [0.29, 0.717) is 0 Å². The van der Waals surface area contributed by atoms with E-state index in [2.05, 4.69) is 136 Å². The minimum atomic E-state index is -1.65. The summed E-state index contributed by atoms with van der Waals surface area (Å²) in [4.78, 5) is 0. The van der Waals surface area contributed by atoms with Gasteiger partial charge in [0.05, 0.1) is 6.16 Å². The smallest absolute Gasteiger partial charge is 0.0885 e. The molecule has 0 aliphatic carbocycles. The SMILES string of the molecule is IC=CCCCCC=CCCCCCCCCCCC[P+](c1ccccc1)(c1ccccc1)c1ccccc1. The maximum absolute atomic E-state index is 2.41. The van der Waals surface area contributed by atoms with Crippen LogP contribution in [0.15, 0.2) is 113 Å². The lowest BCUT2D eigenvalue weighted by atomic mass is 10.1. The topological polar surface area (TPSA) is 0 Å². The van der Waals surface area contributed by atoms with Crippen molar-refractivity contribution in [1.29, 1.82) is 0 Å². The van der Waals surface area contributed by atoms with Gasteiger partial charge in [-0.25, -0.2) is 0 Å². The first-order valence-electron chi connectivity index (χ1n) is 15.3. The van der Waals surface area contributed by atoms with Gasteiger partial charge < -0.3 is 0 Å². The van der Waals surface area contributed by atoms with Crippen molar-refractivity contribution in [2.45, 2.75) is 89.9 Å². The highest BCUT2D eigenvalue weighted by atomic mass is 127. The largest absolute Gasteiger partial charge is 0.112 e. The molecule has 0 saturated heterocycles. The second-order valence-corrected chi connectivity index (χ2v) is 15.0. The van der Waals surface area contributed by atoms with Crippen molar-refractivity contribution >= 4 is 45.8 Å². The minimum absolute atomic E-state index is 1.23. The Balaban J connectivity index is 1.37. The van der Waals surface area contributed by atoms with Gasteiger partial charge >= 0.3 is 0 Å². The molecule has 0 heterocycles. The highest BCUT2D eigenvalue weighted by Gasteiger charge is 2.44. The summed E-state index contributed by atoms with van der Waals surface area (Å²) in [5.74, 6) is 0. The van der Waals surface area contributed by atoms with Crippen LogP contribution in [0.5, 0.6) is 0 Å². The molecule has 0 unspecified atom stereocenters. The summed E-state index contributed by atoms with van der Waals surface area (Å²) in [6, 6.07) is 34.0. The van der Waals surface area contributed by atoms with Gasteiger partial charge in [-0.05, 0) is 91.8 Å². The molecule has 0 aliphatic heterocycles. The van der Waals surface area contributed by atoms with Gasteiger partial charge in [-0.3, -0.25) is 0 Å². The van der Waals surface area contributed by atoms with Gasteiger partial charge in [0.25, 0.3) is 0 Å². The van der Waals surface area contributed by atoms with E-state index < -0.39 is 7.26 Å². The Morgan fingerprint density at radius 1 is 0.410 bits per heavy atom. The summed E-state index contributed by atoms with van der Waals surface area (Å²) >= 11 is 2.30. The fourth-order valence-electron chi connectivity index (χ4n) is 5.55. The predicted molar refractivity (Wildman–Crippen MR) is 187 cm³/mol. The van der Waals surface area contributed by atoms with Crippen LogP contribution in [0, 0.1) is 0 Å². The number of rotatable bonds is 20. The number of halogens is 1. The molecule has 0 radical (unpaired) electrons. The van der Waals surface area contributed by atoms with E-state index in [-0.39, 0.29) is 0 Å². The summed E-state index contributed by atoms with van der Waals surface area (Å²) in [5, 5.41) is 4.55. The Morgan fingerprint density at radius 2 is 0.744 bits per heavy atom. The molecule has 0 amide bonds. The van der Waals surface area contributed by atoms with Crippen molar-refractivity contribution in [2.24, 2.45) is 0 Å². The van der Waals surface area contributed by atoms with Gasteiger partial charge in [-0.2, -0.15) is 0 Å². The lowest BCUT2D eigenvalue weighted by Gasteiger charge is -2.27. The number of benzene rings is 3. The molecule has 0 aromatic heterocycles. The lowest BCUT2D eigenvalue weighted by molar-refractivity contribution is 0.567. The van der Waals surface area contributed by atoms with Crippen molar-refractivity contribution in [3.05, 3.63) is 113 Å². The Hall–Kier alpha value is -1.70. The van der Waals surface area contributed by atoms with Crippen LogP contribution in [-0.4, -0.2) is 6.16 Å². The van der Waals surface area contributed by atoms with E-state index in [1.165, 1.54) is 112 Å². The average molecular weight is 652 g/mol. The molecule has 2 heteroatoms. The molecule has 3 aromatic rings. The van der Waals surface area contributed by atoms with Crippen LogP contribution in [0.3, 0.4) is 0 Å². The number of allylic oxidation sites excluding steroid dienone is 3. The summed E-state index contributed by atoms with van der Waals surface area (Å²) in [6.07, 6.45) is 27.1. The van der Waals surface area contributed by atoms with Gasteiger partial charge in [-0.1, -0.05) is 134 Å². The minimum Gasteiger partial charge on any atom is -0.0885 e. The molecule has 0 aliphatic rings. The van der Waals surface area contributed by atoms with E-state index in [4.69, 9.17) is 0 Å². The van der Waals surface area contributed by atoms with E-state index in [9.17, 15) is 0 Å². The molecule has 208 valence electrons. The van der Waals surface area contributed by atoms with Crippen molar-refractivity contribution in [3.63, 3.8) is 0 Å². The monoisotopic (exact) mass is 651 g/mol. The number of unbranched alkanes of at least 4 members (excludes halogenated alkanes) is 12. The molecule has 39 heavy (non-hydrogen) atoms. The fraction of sp³-hybridized carbons (Fsp3) is 0.405. The molecular formula is C37H49IP+. The number of hydrogen-bond acceptors (Lipinski definition) is 0. The van der Waals surface area contributed by atoms with Gasteiger partial charge in [0.15, 0.2) is 0 Å². The Morgan fingerprint density at radius 3 is 1.15 bits per heavy atom. The van der Waals surface area contributed by atoms with Gasteiger partial charge in [0, 0.05) is 0 Å². The maximum Gasteiger partial charge on any atom is 0.112 e. The Kier molecular flexibility index (Phi) is 16.5.